The maximum absolute atomic E-state index is 13.2. The van der Waals surface area contributed by atoms with E-state index in [1.807, 2.05) is 32.0 Å². The van der Waals surface area contributed by atoms with Gasteiger partial charge in [-0.15, -0.1) is 0 Å². The zero-order chi connectivity index (χ0) is 23.7. The van der Waals surface area contributed by atoms with Crippen molar-refractivity contribution in [2.45, 2.75) is 44.9 Å². The number of amides is 1. The molecular formula is C25H22N6O3. The molecule has 3 heterocycles. The smallest absolute Gasteiger partial charge is 0.275 e. The Hall–Kier alpha value is -3.95. The van der Waals surface area contributed by atoms with Crippen LogP contribution in [0.15, 0.2) is 18.2 Å². The first-order chi connectivity index (χ1) is 16.4. The van der Waals surface area contributed by atoms with Crippen LogP contribution in [0, 0.1) is 41.9 Å². The highest BCUT2D eigenvalue weighted by Gasteiger charge is 2.85. The standard InChI is InChI=1S/C25H22N6O3/c1-14-9-16(5-3-6-26)10-15(2)19(14)34-20-17-18(21(32)31-7-4-8-33-22(17)31)28-23(29-20)30-25-11-24(25,12-25)13-27/h3,5,9-10,22H,4,7-8,11-12H2,1-2H3,(H,28,29,30)/b5-3+. The van der Waals surface area contributed by atoms with Gasteiger partial charge in [0.1, 0.15) is 11.4 Å². The number of aromatic nitrogens is 2. The van der Waals surface area contributed by atoms with Gasteiger partial charge < -0.3 is 19.7 Å². The van der Waals surface area contributed by atoms with Crippen LogP contribution in [0.1, 0.15) is 58.2 Å². The summed E-state index contributed by atoms with van der Waals surface area (Å²) >= 11 is 0. The van der Waals surface area contributed by atoms with Crippen LogP contribution in [0.25, 0.3) is 6.08 Å². The summed E-state index contributed by atoms with van der Waals surface area (Å²) in [6, 6.07) is 8.23. The molecule has 9 nitrogen and oxygen atoms in total. The van der Waals surface area contributed by atoms with Crippen molar-refractivity contribution in [3.63, 3.8) is 0 Å². The lowest BCUT2D eigenvalue weighted by Gasteiger charge is -2.30. The number of carbonyl (C=O) groups excluding carboxylic acids is 1. The van der Waals surface area contributed by atoms with E-state index in [9.17, 15) is 10.1 Å². The third-order valence-electron chi connectivity index (χ3n) is 7.19. The summed E-state index contributed by atoms with van der Waals surface area (Å²) in [7, 11) is 0. The van der Waals surface area contributed by atoms with Gasteiger partial charge in [0.2, 0.25) is 11.8 Å². The van der Waals surface area contributed by atoms with Gasteiger partial charge in [-0.3, -0.25) is 4.79 Å². The normalized spacial score (nSPS) is 27.9. The molecule has 6 rings (SSSR count). The van der Waals surface area contributed by atoms with Crippen LogP contribution in [-0.4, -0.2) is 39.5 Å². The van der Waals surface area contributed by atoms with Gasteiger partial charge >= 0.3 is 0 Å². The summed E-state index contributed by atoms with van der Waals surface area (Å²) in [6.45, 7) is 4.98. The first-order valence-electron chi connectivity index (χ1n) is 11.3. The zero-order valence-electron chi connectivity index (χ0n) is 18.9. The zero-order valence-corrected chi connectivity index (χ0v) is 18.9. The quantitative estimate of drug-likeness (QED) is 0.677. The Morgan fingerprint density at radius 1 is 1.26 bits per heavy atom. The van der Waals surface area contributed by atoms with E-state index in [1.54, 1.807) is 11.0 Å². The van der Waals surface area contributed by atoms with Crippen molar-refractivity contribution in [1.82, 2.24) is 14.9 Å². The second-order valence-electron chi connectivity index (χ2n) is 9.49. The number of anilines is 1. The van der Waals surface area contributed by atoms with Crippen LogP contribution in [0.3, 0.4) is 0 Å². The molecule has 2 aromatic rings. The fourth-order valence-electron chi connectivity index (χ4n) is 5.16. The maximum atomic E-state index is 13.2. The van der Waals surface area contributed by atoms with Crippen molar-refractivity contribution in [3.8, 4) is 23.8 Å². The van der Waals surface area contributed by atoms with Crippen molar-refractivity contribution >= 4 is 17.9 Å². The molecule has 9 heteroatoms. The molecule has 2 aliphatic heterocycles. The monoisotopic (exact) mass is 454 g/mol. The minimum absolute atomic E-state index is 0.198. The van der Waals surface area contributed by atoms with E-state index in [0.29, 0.717) is 30.4 Å². The fourth-order valence-corrected chi connectivity index (χ4v) is 5.16. The minimum Gasteiger partial charge on any atom is -0.438 e. The first kappa shape index (κ1) is 20.6. The number of allylic oxidation sites excluding steroid dienone is 1. The lowest BCUT2D eigenvalue weighted by Crippen LogP contribution is -2.35. The lowest BCUT2D eigenvalue weighted by molar-refractivity contribution is -0.0724. The topological polar surface area (TPSA) is 124 Å². The summed E-state index contributed by atoms with van der Waals surface area (Å²) in [5.41, 5.74) is 2.83. The van der Waals surface area contributed by atoms with Crippen molar-refractivity contribution in [1.29, 1.82) is 10.5 Å². The van der Waals surface area contributed by atoms with Crippen LogP contribution in [0.2, 0.25) is 0 Å². The van der Waals surface area contributed by atoms with Crippen molar-refractivity contribution < 1.29 is 14.3 Å². The molecule has 1 unspecified atom stereocenters. The summed E-state index contributed by atoms with van der Waals surface area (Å²) < 4.78 is 12.3. The largest absolute Gasteiger partial charge is 0.438 e. The highest BCUT2D eigenvalue weighted by atomic mass is 16.5. The second-order valence-corrected chi connectivity index (χ2v) is 9.49. The van der Waals surface area contributed by atoms with E-state index in [0.717, 1.165) is 36.0 Å². The third kappa shape index (κ3) is 2.91. The molecule has 3 fully saturated rings. The van der Waals surface area contributed by atoms with Gasteiger partial charge in [-0.1, -0.05) is 0 Å². The Balaban J connectivity index is 1.41. The van der Waals surface area contributed by atoms with E-state index in [2.05, 4.69) is 21.4 Å². The van der Waals surface area contributed by atoms with E-state index in [-0.39, 0.29) is 28.4 Å². The van der Waals surface area contributed by atoms with Crippen molar-refractivity contribution in [3.05, 3.63) is 46.2 Å². The van der Waals surface area contributed by atoms with Gasteiger partial charge in [-0.2, -0.15) is 15.5 Å². The molecule has 0 bridgehead atoms. The Labute approximate surface area is 196 Å². The van der Waals surface area contributed by atoms with Crippen molar-refractivity contribution in [2.75, 3.05) is 18.5 Å². The molecule has 2 aliphatic carbocycles. The third-order valence-corrected chi connectivity index (χ3v) is 7.19. The van der Waals surface area contributed by atoms with Gasteiger partial charge in [0, 0.05) is 12.6 Å². The molecule has 4 aliphatic rings. The van der Waals surface area contributed by atoms with Gasteiger partial charge in [-0.05, 0) is 68.0 Å². The molecule has 1 saturated heterocycles. The van der Waals surface area contributed by atoms with Crippen LogP contribution < -0.4 is 10.1 Å². The average Bonchev–Trinajstić information content (AvgIpc) is 3.61. The molecule has 0 spiro atoms. The molecular weight excluding hydrogens is 432 g/mol. The highest BCUT2D eigenvalue weighted by molar-refractivity contribution is 5.98. The number of fused-ring (bicyclic) bond motifs is 4. The number of benzene rings is 1. The summed E-state index contributed by atoms with van der Waals surface area (Å²) in [5, 5.41) is 21.5. The molecule has 170 valence electrons. The molecule has 1 aromatic carbocycles. The van der Waals surface area contributed by atoms with Gasteiger partial charge in [-0.25, -0.2) is 4.98 Å². The summed E-state index contributed by atoms with van der Waals surface area (Å²) in [4.78, 5) is 24.0. The Kier molecular flexibility index (Phi) is 4.26. The summed E-state index contributed by atoms with van der Waals surface area (Å²) in [5.74, 6) is 1.00. The fraction of sp³-hybridized carbons (Fsp3) is 0.400. The molecule has 0 radical (unpaired) electrons. The number of aryl methyl sites for hydroxylation is 2. The Bertz CT molecular complexity index is 1340. The van der Waals surface area contributed by atoms with Gasteiger partial charge in [0.25, 0.3) is 5.91 Å². The van der Waals surface area contributed by atoms with E-state index in [1.165, 1.54) is 6.08 Å². The van der Waals surface area contributed by atoms with E-state index < -0.39 is 6.23 Å². The number of hydrogen-bond donors (Lipinski definition) is 1. The van der Waals surface area contributed by atoms with E-state index in [4.69, 9.17) is 14.7 Å². The number of nitrogens with zero attached hydrogens (tertiary/aromatic N) is 5. The molecule has 34 heavy (non-hydrogen) atoms. The Morgan fingerprint density at radius 2 is 2.03 bits per heavy atom. The maximum Gasteiger partial charge on any atom is 0.275 e. The van der Waals surface area contributed by atoms with Crippen LogP contribution >= 0.6 is 0 Å². The number of nitrogens with one attached hydrogen (secondary N) is 1. The predicted molar refractivity (Wildman–Crippen MR) is 121 cm³/mol. The number of nitriles is 2. The number of carbonyl (C=O) groups is 1. The molecule has 1 aromatic heterocycles. The van der Waals surface area contributed by atoms with Crippen LogP contribution in [-0.2, 0) is 4.74 Å². The minimum atomic E-state index is -0.572. The highest BCUT2D eigenvalue weighted by Crippen LogP contribution is 2.79. The predicted octanol–water partition coefficient (Wildman–Crippen LogP) is 3.77. The SMILES string of the molecule is Cc1cc(/C=C/C#N)cc(C)c1Oc1nc(NC23CC2(C#N)C3)nc2c1C1OCCCN1C2=O. The average molecular weight is 454 g/mol. The van der Waals surface area contributed by atoms with E-state index >= 15 is 0 Å². The second kappa shape index (κ2) is 7.02. The molecule has 1 atom stereocenters. The number of ether oxygens (including phenoxy) is 2. The lowest BCUT2D eigenvalue weighted by atomic mass is 10.1. The Morgan fingerprint density at radius 3 is 2.71 bits per heavy atom. The first-order valence-corrected chi connectivity index (χ1v) is 11.3. The molecule has 2 saturated carbocycles. The van der Waals surface area contributed by atoms with Crippen molar-refractivity contribution in [2.24, 2.45) is 5.41 Å². The number of rotatable bonds is 5. The van der Waals surface area contributed by atoms with Gasteiger partial charge in [0.05, 0.1) is 35.3 Å². The van der Waals surface area contributed by atoms with Gasteiger partial charge in [0.15, 0.2) is 6.23 Å². The van der Waals surface area contributed by atoms with Crippen LogP contribution in [0.4, 0.5) is 5.95 Å². The molecule has 1 N–H and O–H groups in total. The summed E-state index contributed by atoms with van der Waals surface area (Å²) in [6.07, 6.45) is 4.88. The molecule has 1 amide bonds. The number of hydrogen-bond acceptors (Lipinski definition) is 8. The van der Waals surface area contributed by atoms with Crippen LogP contribution in [0.5, 0.6) is 11.6 Å².